The quantitative estimate of drug-likeness (QED) is 0.134. The van der Waals surface area contributed by atoms with Crippen LogP contribution in [-0.4, -0.2) is 92.6 Å². The Bertz CT molecular complexity index is 1340. The number of morpholine rings is 1. The molecule has 2 saturated heterocycles. The number of ether oxygens (including phenoxy) is 1. The number of hydrogen-bond donors (Lipinski definition) is 3. The van der Waals surface area contributed by atoms with Gasteiger partial charge in [0.15, 0.2) is 5.11 Å². The van der Waals surface area contributed by atoms with Crippen LogP contribution in [0.3, 0.4) is 0 Å². The molecule has 2 aromatic rings. The van der Waals surface area contributed by atoms with Gasteiger partial charge in [-0.2, -0.15) is 4.31 Å². The average molecular weight is 624 g/mol. The summed E-state index contributed by atoms with van der Waals surface area (Å²) in [5, 5.41) is 21.2. The summed E-state index contributed by atoms with van der Waals surface area (Å²) in [4.78, 5) is 27.5. The molecule has 0 radical (unpaired) electrons. The van der Waals surface area contributed by atoms with Crippen molar-refractivity contribution in [3.05, 3.63) is 59.7 Å². The molecule has 11 nitrogen and oxygen atoms in total. The van der Waals surface area contributed by atoms with Gasteiger partial charge < -0.3 is 30.6 Å². The van der Waals surface area contributed by atoms with Crippen molar-refractivity contribution in [2.75, 3.05) is 51.3 Å². The molecule has 43 heavy (non-hydrogen) atoms. The smallest absolute Gasteiger partial charge is 0.548 e. The average Bonchev–Trinajstić information content (AvgIpc) is 3.48. The zero-order chi connectivity index (χ0) is 30.1. The maximum Gasteiger partial charge on any atom is 1.00 e. The van der Waals surface area contributed by atoms with E-state index in [4.69, 9.17) is 17.0 Å². The van der Waals surface area contributed by atoms with Crippen LogP contribution in [0.5, 0.6) is 0 Å². The number of rotatable bonds is 12. The Kier molecular flexibility index (Phi) is 13.5. The molecule has 4 rings (SSSR count). The fraction of sp³-hybridized carbons (Fsp3) is 0.483. The Morgan fingerprint density at radius 2 is 1.74 bits per heavy atom. The monoisotopic (exact) mass is 623 g/mol. The molecule has 1 amide bonds. The maximum atomic E-state index is 13.2. The number of nitrogens with zero attached hydrogens (tertiary/aromatic N) is 2. The molecule has 0 saturated carbocycles. The first-order valence-electron chi connectivity index (χ1n) is 14.2. The minimum atomic E-state index is -3.91. The van der Waals surface area contributed by atoms with Gasteiger partial charge >= 0.3 is 18.9 Å². The van der Waals surface area contributed by atoms with Crippen LogP contribution < -0.4 is 39.9 Å². The summed E-state index contributed by atoms with van der Waals surface area (Å²) in [5.74, 6) is -2.10. The third-order valence-corrected chi connectivity index (χ3v) is 9.60. The van der Waals surface area contributed by atoms with Gasteiger partial charge in [-0.1, -0.05) is 29.8 Å². The predicted octanol–water partition coefficient (Wildman–Crippen LogP) is -2.36. The van der Waals surface area contributed by atoms with Gasteiger partial charge in [-0.15, -0.1) is 0 Å². The Morgan fingerprint density at radius 1 is 1.07 bits per heavy atom. The van der Waals surface area contributed by atoms with Crippen molar-refractivity contribution in [3.63, 3.8) is 0 Å². The third-order valence-electron chi connectivity index (χ3n) is 7.43. The number of hydrogen-bond acceptors (Lipinski definition) is 8. The minimum absolute atomic E-state index is 0. The van der Waals surface area contributed by atoms with E-state index in [1.807, 2.05) is 6.92 Å². The third kappa shape index (κ3) is 10.0. The van der Waals surface area contributed by atoms with Crippen LogP contribution in [0.1, 0.15) is 30.4 Å². The normalized spacial score (nSPS) is 18.3. The van der Waals surface area contributed by atoms with Crippen LogP contribution in [0.2, 0.25) is 0 Å². The number of aryl methyl sites for hydroxylation is 1. The molecule has 2 atom stereocenters. The van der Waals surface area contributed by atoms with E-state index in [9.17, 15) is 23.1 Å². The number of carbonyl (C=O) groups is 2. The van der Waals surface area contributed by atoms with E-state index in [1.54, 1.807) is 36.4 Å². The van der Waals surface area contributed by atoms with E-state index in [-0.39, 0.29) is 36.7 Å². The summed E-state index contributed by atoms with van der Waals surface area (Å²) in [7, 11) is -3.91. The van der Waals surface area contributed by atoms with Crippen molar-refractivity contribution in [1.29, 1.82) is 0 Å². The number of carboxylic acids is 1. The molecule has 0 aliphatic carbocycles. The predicted molar refractivity (Wildman–Crippen MR) is 161 cm³/mol. The Morgan fingerprint density at radius 3 is 2.40 bits per heavy atom. The summed E-state index contributed by atoms with van der Waals surface area (Å²) in [6, 6.07) is 11.1. The maximum absolute atomic E-state index is 13.2. The van der Waals surface area contributed by atoms with Crippen LogP contribution in [0.4, 0.5) is 5.69 Å². The number of benzene rings is 2. The van der Waals surface area contributed by atoms with Gasteiger partial charge in [0.25, 0.3) is 0 Å². The van der Waals surface area contributed by atoms with E-state index in [2.05, 4.69) is 20.9 Å². The van der Waals surface area contributed by atoms with E-state index < -0.39 is 34.0 Å². The summed E-state index contributed by atoms with van der Waals surface area (Å²) in [5.41, 5.74) is 2.32. The number of amides is 1. The Balaban J connectivity index is 0.00000506. The van der Waals surface area contributed by atoms with Crippen molar-refractivity contribution < 1.29 is 46.7 Å². The first-order valence-corrected chi connectivity index (χ1v) is 16.0. The number of nitrogens with one attached hydrogen (secondary N) is 3. The second-order valence-electron chi connectivity index (χ2n) is 10.6. The summed E-state index contributed by atoms with van der Waals surface area (Å²) < 4.78 is 32.9. The van der Waals surface area contributed by atoms with Crippen molar-refractivity contribution in [2.24, 2.45) is 0 Å². The second-order valence-corrected chi connectivity index (χ2v) is 12.9. The fourth-order valence-electron chi connectivity index (χ4n) is 5.06. The van der Waals surface area contributed by atoms with Crippen LogP contribution in [0.25, 0.3) is 0 Å². The summed E-state index contributed by atoms with van der Waals surface area (Å²) in [6.45, 7) is 7.20. The standard InChI is InChI=1S/C29H39N5O6S2.Li/c1-21-5-11-24(12-6-21)42(38,39)34-15-2-4-26(34)27(35)32-25(28(36)37)20-22-7-9-23(10-8-22)31-29(41)30-13-3-14-33-16-18-40-19-17-33;/h5-12,25-26H,2-4,13-20H2,1H3,(H,32,35)(H,36,37)(H2,30,31,41);/q;+1/p-1/t25-,26-;/m0./s1. The molecule has 0 aromatic heterocycles. The fourth-order valence-corrected chi connectivity index (χ4v) is 6.94. The molecule has 2 aliphatic heterocycles. The van der Waals surface area contributed by atoms with E-state index in [0.29, 0.717) is 23.5 Å². The molecule has 0 spiro atoms. The van der Waals surface area contributed by atoms with Gasteiger partial charge in [0.05, 0.1) is 30.1 Å². The van der Waals surface area contributed by atoms with Crippen molar-refractivity contribution in [1.82, 2.24) is 19.8 Å². The van der Waals surface area contributed by atoms with Gasteiger partial charge in [-0.25, -0.2) is 8.42 Å². The Labute approximate surface area is 270 Å². The largest absolute Gasteiger partial charge is 1.00 e. The second kappa shape index (κ2) is 16.5. The molecule has 3 N–H and O–H groups in total. The number of carbonyl (C=O) groups excluding carboxylic acids is 2. The van der Waals surface area contributed by atoms with Gasteiger partial charge in [0, 0.05) is 31.9 Å². The van der Waals surface area contributed by atoms with Crippen LogP contribution in [0, 0.1) is 6.92 Å². The van der Waals surface area contributed by atoms with Crippen LogP contribution in [-0.2, 0) is 30.8 Å². The van der Waals surface area contributed by atoms with Crippen LogP contribution in [0.15, 0.2) is 53.4 Å². The first-order chi connectivity index (χ1) is 20.1. The van der Waals surface area contributed by atoms with Gasteiger partial charge in [-0.3, -0.25) is 9.69 Å². The van der Waals surface area contributed by atoms with E-state index in [1.165, 1.54) is 12.1 Å². The summed E-state index contributed by atoms with van der Waals surface area (Å²) >= 11 is 5.38. The van der Waals surface area contributed by atoms with Crippen LogP contribution >= 0.6 is 12.2 Å². The molecular weight excluding hydrogens is 585 g/mol. The molecule has 228 valence electrons. The number of aliphatic carboxylic acids is 1. The number of carboxylic acid groups (broad SMARTS) is 1. The molecule has 2 fully saturated rings. The van der Waals surface area contributed by atoms with Gasteiger partial charge in [0.1, 0.15) is 6.04 Å². The number of thiocarbonyl (C=S) groups is 1. The zero-order valence-electron chi connectivity index (χ0n) is 24.7. The Hall–Kier alpha value is -2.50. The van der Waals surface area contributed by atoms with E-state index in [0.717, 1.165) is 61.4 Å². The molecule has 14 heteroatoms. The van der Waals surface area contributed by atoms with E-state index >= 15 is 0 Å². The topological polar surface area (TPSA) is 143 Å². The summed E-state index contributed by atoms with van der Waals surface area (Å²) in [6.07, 6.45) is 1.74. The number of sulfonamides is 1. The molecular formula is C29H38LiN5O6S2. The molecule has 2 heterocycles. The number of anilines is 1. The molecule has 0 bridgehead atoms. The molecule has 2 aromatic carbocycles. The van der Waals surface area contributed by atoms with Gasteiger partial charge in [0.2, 0.25) is 15.9 Å². The minimum Gasteiger partial charge on any atom is -0.548 e. The van der Waals surface area contributed by atoms with Crippen molar-refractivity contribution >= 4 is 44.9 Å². The first kappa shape index (κ1) is 35.0. The molecule has 2 aliphatic rings. The SMILES string of the molecule is Cc1ccc(S(=O)(=O)N2CCC[C@H]2C(=O)N[C@@H](Cc2ccc(NC(=S)NCCCN3CCOCC3)cc2)C(=O)[O-])cc1.[Li+]. The van der Waals surface area contributed by atoms with Crippen molar-refractivity contribution in [2.45, 2.75) is 49.6 Å². The molecule has 0 unspecified atom stereocenters. The van der Waals surface area contributed by atoms with Crippen molar-refractivity contribution in [3.8, 4) is 0 Å². The zero-order valence-corrected chi connectivity index (χ0v) is 26.3. The van der Waals surface area contributed by atoms with Gasteiger partial charge in [-0.05, 0) is 81.2 Å².